The number of phenols is 1. The molecule has 0 aliphatic heterocycles. The summed E-state index contributed by atoms with van der Waals surface area (Å²) in [4.78, 5) is 11.7. The number of hydrogen-bond donors (Lipinski definition) is 3. The molecule has 0 radical (unpaired) electrons. The first-order valence-corrected chi connectivity index (χ1v) is 9.58. The minimum absolute atomic E-state index is 0.239. The Morgan fingerprint density at radius 2 is 2.10 bits per heavy atom. The number of fused-ring (bicyclic) bond motifs is 2. The molecule has 0 bridgehead atoms. The highest BCUT2D eigenvalue weighted by Crippen LogP contribution is 2.27. The zero-order valence-electron chi connectivity index (χ0n) is 16.2. The first-order chi connectivity index (χ1) is 14.6. The predicted octanol–water partition coefficient (Wildman–Crippen LogP) is 4.08. The molecule has 150 valence electrons. The van der Waals surface area contributed by atoms with Crippen LogP contribution in [0.3, 0.4) is 0 Å². The summed E-state index contributed by atoms with van der Waals surface area (Å²) < 4.78 is 15.4. The maximum Gasteiger partial charge on any atom is 0.160 e. The first-order valence-electron chi connectivity index (χ1n) is 9.58. The van der Waals surface area contributed by atoms with Gasteiger partial charge in [-0.2, -0.15) is 9.61 Å². The number of phenolic OH excluding ortho intramolecular Hbond substituents is 1. The molecule has 0 aliphatic carbocycles. The molecule has 4 aromatic heterocycles. The highest BCUT2D eigenvalue weighted by atomic mass is 19.1. The van der Waals surface area contributed by atoms with Crippen LogP contribution in [0.15, 0.2) is 55.1 Å². The van der Waals surface area contributed by atoms with Gasteiger partial charge in [0.15, 0.2) is 5.65 Å². The number of aromatic nitrogens is 5. The number of aromatic hydroxyl groups is 1. The molecule has 5 aromatic rings. The number of pyridine rings is 1. The van der Waals surface area contributed by atoms with E-state index in [2.05, 4.69) is 25.4 Å². The van der Waals surface area contributed by atoms with Gasteiger partial charge in [0.2, 0.25) is 0 Å². The van der Waals surface area contributed by atoms with Crippen LogP contribution in [-0.2, 0) is 6.42 Å². The standard InChI is InChI=1S/C22H19FN6O/c1-13-9-27-29-20(8-18(28-22(13)29)15-7-16(23)12-24-10-15)25-6-5-14-11-26-21-17(14)3-2-4-19(21)30/h2-4,7-12,25-26,30H,5-6H2,1H3. The maximum absolute atomic E-state index is 13.7. The zero-order chi connectivity index (χ0) is 20.7. The average molecular weight is 402 g/mol. The van der Waals surface area contributed by atoms with E-state index < -0.39 is 5.82 Å². The summed E-state index contributed by atoms with van der Waals surface area (Å²) in [5.41, 5.74) is 4.70. The van der Waals surface area contributed by atoms with Crippen molar-refractivity contribution in [2.75, 3.05) is 11.9 Å². The Bertz CT molecular complexity index is 1370. The summed E-state index contributed by atoms with van der Waals surface area (Å²) in [5.74, 6) is 0.592. The quantitative estimate of drug-likeness (QED) is 0.412. The van der Waals surface area contributed by atoms with E-state index in [0.717, 1.165) is 34.3 Å². The average Bonchev–Trinajstić information content (AvgIpc) is 3.33. The van der Waals surface area contributed by atoms with Crippen LogP contribution in [0.1, 0.15) is 11.1 Å². The van der Waals surface area contributed by atoms with Gasteiger partial charge in [-0.1, -0.05) is 12.1 Å². The van der Waals surface area contributed by atoms with Gasteiger partial charge in [0, 0.05) is 41.5 Å². The molecule has 4 heterocycles. The summed E-state index contributed by atoms with van der Waals surface area (Å²) >= 11 is 0. The number of para-hydroxylation sites is 1. The molecule has 0 saturated heterocycles. The van der Waals surface area contributed by atoms with Gasteiger partial charge in [0.25, 0.3) is 0 Å². The van der Waals surface area contributed by atoms with Crippen molar-refractivity contribution in [3.63, 3.8) is 0 Å². The van der Waals surface area contributed by atoms with Gasteiger partial charge in [-0.15, -0.1) is 0 Å². The second-order valence-electron chi connectivity index (χ2n) is 7.17. The highest BCUT2D eigenvalue weighted by Gasteiger charge is 2.12. The van der Waals surface area contributed by atoms with Crippen molar-refractivity contribution in [3.8, 4) is 17.0 Å². The van der Waals surface area contributed by atoms with Gasteiger partial charge >= 0.3 is 0 Å². The summed E-state index contributed by atoms with van der Waals surface area (Å²) in [6.07, 6.45) is 7.17. The largest absolute Gasteiger partial charge is 0.506 e. The van der Waals surface area contributed by atoms with Crippen molar-refractivity contribution in [2.45, 2.75) is 13.3 Å². The van der Waals surface area contributed by atoms with E-state index in [9.17, 15) is 9.50 Å². The van der Waals surface area contributed by atoms with Crippen LogP contribution in [0.4, 0.5) is 10.2 Å². The molecule has 0 fully saturated rings. The van der Waals surface area contributed by atoms with Crippen LogP contribution in [0.25, 0.3) is 27.8 Å². The number of hydrogen-bond acceptors (Lipinski definition) is 5. The second-order valence-corrected chi connectivity index (χ2v) is 7.17. The second kappa shape index (κ2) is 7.14. The van der Waals surface area contributed by atoms with Gasteiger partial charge < -0.3 is 15.4 Å². The van der Waals surface area contributed by atoms with Gasteiger partial charge in [-0.3, -0.25) is 4.98 Å². The molecule has 0 amide bonds. The van der Waals surface area contributed by atoms with Gasteiger partial charge in [0.05, 0.1) is 23.6 Å². The van der Waals surface area contributed by atoms with Crippen molar-refractivity contribution in [1.82, 2.24) is 24.6 Å². The Hall–Kier alpha value is -3.94. The van der Waals surface area contributed by atoms with E-state index in [4.69, 9.17) is 0 Å². The maximum atomic E-state index is 13.7. The van der Waals surface area contributed by atoms with Crippen molar-refractivity contribution < 1.29 is 9.50 Å². The molecule has 0 saturated carbocycles. The van der Waals surface area contributed by atoms with E-state index >= 15 is 0 Å². The molecule has 7 nitrogen and oxygen atoms in total. The number of aromatic amines is 1. The monoisotopic (exact) mass is 402 g/mol. The fourth-order valence-electron chi connectivity index (χ4n) is 3.63. The van der Waals surface area contributed by atoms with Crippen molar-refractivity contribution >= 4 is 22.4 Å². The molecule has 0 aliphatic rings. The summed E-state index contributed by atoms with van der Waals surface area (Å²) in [6.45, 7) is 2.58. The van der Waals surface area contributed by atoms with Crippen LogP contribution >= 0.6 is 0 Å². The molecule has 1 aromatic carbocycles. The predicted molar refractivity (Wildman–Crippen MR) is 113 cm³/mol. The third kappa shape index (κ3) is 3.12. The summed E-state index contributed by atoms with van der Waals surface area (Å²) in [6, 6.07) is 8.74. The minimum atomic E-state index is -0.406. The van der Waals surface area contributed by atoms with Crippen LogP contribution in [0.5, 0.6) is 5.75 Å². The van der Waals surface area contributed by atoms with Crippen molar-refractivity contribution in [3.05, 3.63) is 72.1 Å². The Kier molecular flexibility index (Phi) is 4.31. The van der Waals surface area contributed by atoms with Crippen LogP contribution in [-0.4, -0.2) is 36.2 Å². The molecule has 5 rings (SSSR count). The topological polar surface area (TPSA) is 91.1 Å². The molecule has 0 unspecified atom stereocenters. The zero-order valence-corrected chi connectivity index (χ0v) is 16.2. The van der Waals surface area contributed by atoms with E-state index in [0.29, 0.717) is 23.4 Å². The molecular formula is C22H19FN6O. The lowest BCUT2D eigenvalue weighted by Crippen LogP contribution is -2.10. The van der Waals surface area contributed by atoms with Crippen molar-refractivity contribution in [2.24, 2.45) is 0 Å². The molecular weight excluding hydrogens is 383 g/mol. The molecule has 8 heteroatoms. The molecule has 0 atom stereocenters. The summed E-state index contributed by atoms with van der Waals surface area (Å²) in [7, 11) is 0. The van der Waals surface area contributed by atoms with E-state index in [1.165, 1.54) is 12.3 Å². The third-order valence-electron chi connectivity index (χ3n) is 5.13. The number of H-pyrrole nitrogens is 1. The molecule has 3 N–H and O–H groups in total. The summed E-state index contributed by atoms with van der Waals surface area (Å²) in [5, 5.41) is 18.8. The van der Waals surface area contributed by atoms with Crippen LogP contribution in [0.2, 0.25) is 0 Å². The van der Waals surface area contributed by atoms with Gasteiger partial charge in [0.1, 0.15) is 17.4 Å². The fraction of sp³-hybridized carbons (Fsp3) is 0.136. The molecule has 0 spiro atoms. The lowest BCUT2D eigenvalue weighted by Gasteiger charge is -2.11. The van der Waals surface area contributed by atoms with E-state index in [1.54, 1.807) is 23.0 Å². The first kappa shape index (κ1) is 18.1. The number of halogens is 1. The Labute approximate surface area is 171 Å². The number of anilines is 1. The SMILES string of the molecule is Cc1cnn2c(NCCc3c[nH]c4c(O)cccc34)cc(-c3cncc(F)c3)nc12. The van der Waals surface area contributed by atoms with Gasteiger partial charge in [-0.05, 0) is 31.0 Å². The minimum Gasteiger partial charge on any atom is -0.506 e. The third-order valence-corrected chi connectivity index (χ3v) is 5.13. The smallest absolute Gasteiger partial charge is 0.160 e. The Balaban J connectivity index is 1.45. The lowest BCUT2D eigenvalue weighted by atomic mass is 10.1. The highest BCUT2D eigenvalue weighted by molar-refractivity contribution is 5.88. The number of nitrogens with one attached hydrogen (secondary N) is 2. The fourth-order valence-corrected chi connectivity index (χ4v) is 3.63. The van der Waals surface area contributed by atoms with Crippen LogP contribution < -0.4 is 5.32 Å². The number of aryl methyl sites for hydroxylation is 1. The van der Waals surface area contributed by atoms with Gasteiger partial charge in [-0.25, -0.2) is 9.37 Å². The van der Waals surface area contributed by atoms with E-state index in [1.807, 2.05) is 31.3 Å². The number of nitrogens with zero attached hydrogens (tertiary/aromatic N) is 4. The van der Waals surface area contributed by atoms with E-state index in [-0.39, 0.29) is 5.75 Å². The lowest BCUT2D eigenvalue weighted by molar-refractivity contribution is 0.480. The number of rotatable bonds is 5. The molecule has 30 heavy (non-hydrogen) atoms. The van der Waals surface area contributed by atoms with Crippen molar-refractivity contribution in [1.29, 1.82) is 0 Å². The Morgan fingerprint density at radius 3 is 2.97 bits per heavy atom. The van der Waals surface area contributed by atoms with Crippen LogP contribution in [0, 0.1) is 12.7 Å². The number of benzene rings is 1. The Morgan fingerprint density at radius 1 is 1.20 bits per heavy atom. The normalized spacial score (nSPS) is 11.4.